The Balaban J connectivity index is 1.28. The van der Waals surface area contributed by atoms with E-state index in [0.29, 0.717) is 24.2 Å². The Kier molecular flexibility index (Phi) is 7.84. The Morgan fingerprint density at radius 1 is 0.559 bits per heavy atom. The maximum Gasteiger partial charge on any atom is 0.131 e. The van der Waals surface area contributed by atoms with E-state index in [2.05, 4.69) is 10.6 Å². The Bertz CT molecular complexity index is 1110. The summed E-state index contributed by atoms with van der Waals surface area (Å²) in [7, 11) is 0. The van der Waals surface area contributed by atoms with Gasteiger partial charge >= 0.3 is 0 Å². The molecule has 4 aromatic carbocycles. The summed E-state index contributed by atoms with van der Waals surface area (Å²) < 4.78 is 29.4. The summed E-state index contributed by atoms with van der Waals surface area (Å²) in [5, 5.41) is 6.86. The molecule has 0 spiro atoms. The molecular weight excluding hydrogens is 426 g/mol. The predicted octanol–water partition coefficient (Wildman–Crippen LogP) is 7.30. The zero-order valence-corrected chi connectivity index (χ0v) is 19.6. The molecule has 0 radical (unpaired) electrons. The van der Waals surface area contributed by atoms with E-state index in [0.717, 1.165) is 22.3 Å². The van der Waals surface area contributed by atoms with Gasteiger partial charge in [-0.05, 0) is 48.2 Å². The van der Waals surface area contributed by atoms with Crippen LogP contribution in [-0.4, -0.2) is 13.1 Å². The van der Waals surface area contributed by atoms with Crippen molar-refractivity contribution in [3.8, 4) is 22.3 Å². The van der Waals surface area contributed by atoms with Crippen LogP contribution in [0.1, 0.15) is 37.1 Å². The van der Waals surface area contributed by atoms with E-state index >= 15 is 0 Å². The molecule has 174 valence electrons. The third kappa shape index (κ3) is 5.77. The van der Waals surface area contributed by atoms with Crippen LogP contribution >= 0.6 is 0 Å². The van der Waals surface area contributed by atoms with Gasteiger partial charge in [-0.15, -0.1) is 0 Å². The minimum absolute atomic E-state index is 0.0130. The van der Waals surface area contributed by atoms with E-state index in [1.165, 1.54) is 0 Å². The van der Waals surface area contributed by atoms with Crippen LogP contribution in [0.5, 0.6) is 0 Å². The molecule has 2 atom stereocenters. The van der Waals surface area contributed by atoms with Crippen LogP contribution < -0.4 is 10.6 Å². The van der Waals surface area contributed by atoms with Gasteiger partial charge in [0.25, 0.3) is 0 Å². The highest BCUT2D eigenvalue weighted by Gasteiger charge is 2.12. The lowest BCUT2D eigenvalue weighted by Crippen LogP contribution is -2.30. The molecule has 0 fully saturated rings. The van der Waals surface area contributed by atoms with E-state index in [9.17, 15) is 8.78 Å². The maximum atomic E-state index is 14.7. The maximum absolute atomic E-state index is 14.7. The van der Waals surface area contributed by atoms with Crippen molar-refractivity contribution in [1.82, 2.24) is 10.6 Å². The van der Waals surface area contributed by atoms with Gasteiger partial charge in [0.1, 0.15) is 11.6 Å². The summed E-state index contributed by atoms with van der Waals surface area (Å²) in [5.74, 6) is -0.435. The molecule has 2 N–H and O–H groups in total. The first kappa shape index (κ1) is 23.8. The zero-order chi connectivity index (χ0) is 23.9. The average molecular weight is 457 g/mol. The van der Waals surface area contributed by atoms with Crippen molar-refractivity contribution >= 4 is 0 Å². The van der Waals surface area contributed by atoms with Crippen LogP contribution in [0.4, 0.5) is 8.78 Å². The molecule has 0 heterocycles. The van der Waals surface area contributed by atoms with Crippen molar-refractivity contribution in [3.63, 3.8) is 0 Å². The van der Waals surface area contributed by atoms with Crippen molar-refractivity contribution in [2.45, 2.75) is 25.9 Å². The van der Waals surface area contributed by atoms with Gasteiger partial charge in [0.2, 0.25) is 0 Å². The normalized spacial score (nSPS) is 12.9. The summed E-state index contributed by atoms with van der Waals surface area (Å²) in [5.41, 5.74) is 4.78. The van der Waals surface area contributed by atoms with Crippen LogP contribution in [-0.2, 0) is 0 Å². The van der Waals surface area contributed by atoms with Gasteiger partial charge in [-0.25, -0.2) is 8.78 Å². The van der Waals surface area contributed by atoms with Gasteiger partial charge in [0.15, 0.2) is 0 Å². The van der Waals surface area contributed by atoms with Gasteiger partial charge in [-0.2, -0.15) is 0 Å². The van der Waals surface area contributed by atoms with Gasteiger partial charge < -0.3 is 10.6 Å². The second-order valence-electron chi connectivity index (χ2n) is 8.56. The number of benzene rings is 4. The van der Waals surface area contributed by atoms with Crippen molar-refractivity contribution in [1.29, 1.82) is 0 Å². The van der Waals surface area contributed by atoms with Crippen molar-refractivity contribution < 1.29 is 8.78 Å². The van der Waals surface area contributed by atoms with E-state index in [1.54, 1.807) is 12.1 Å². The lowest BCUT2D eigenvalue weighted by molar-refractivity contribution is 0.508. The van der Waals surface area contributed by atoms with Crippen LogP contribution in [0.15, 0.2) is 97.1 Å². The van der Waals surface area contributed by atoms with Crippen LogP contribution in [0.3, 0.4) is 0 Å². The highest BCUT2D eigenvalue weighted by atomic mass is 19.1. The highest BCUT2D eigenvalue weighted by Crippen LogP contribution is 2.26. The number of nitrogens with one attached hydrogen (secondary N) is 2. The highest BCUT2D eigenvalue weighted by molar-refractivity contribution is 5.65. The summed E-state index contributed by atoms with van der Waals surface area (Å²) in [6.07, 6.45) is 0. The molecule has 0 amide bonds. The molecule has 2 unspecified atom stereocenters. The van der Waals surface area contributed by atoms with Gasteiger partial charge in [0, 0.05) is 36.3 Å². The third-order valence-corrected chi connectivity index (χ3v) is 6.18. The van der Waals surface area contributed by atoms with Gasteiger partial charge in [0.05, 0.1) is 0 Å². The minimum atomic E-state index is -0.218. The van der Waals surface area contributed by atoms with E-state index in [-0.39, 0.29) is 23.7 Å². The van der Waals surface area contributed by atoms with Crippen LogP contribution in [0.25, 0.3) is 22.3 Å². The van der Waals surface area contributed by atoms with Crippen molar-refractivity contribution in [3.05, 3.63) is 120 Å². The Hall–Kier alpha value is -3.34. The van der Waals surface area contributed by atoms with Gasteiger partial charge in [-0.3, -0.25) is 0 Å². The molecule has 0 aliphatic heterocycles. The molecule has 0 aromatic heterocycles. The first-order chi connectivity index (χ1) is 16.5. The monoisotopic (exact) mass is 456 g/mol. The molecule has 0 saturated carbocycles. The number of halogens is 2. The topological polar surface area (TPSA) is 24.1 Å². The number of rotatable bonds is 9. The largest absolute Gasteiger partial charge is 0.309 e. The quantitative estimate of drug-likeness (QED) is 0.258. The van der Waals surface area contributed by atoms with Crippen molar-refractivity contribution in [2.75, 3.05) is 13.1 Å². The summed E-state index contributed by atoms with van der Waals surface area (Å²) in [6, 6.07) is 30.0. The molecule has 0 bridgehead atoms. The number of hydrogen-bond acceptors (Lipinski definition) is 2. The Morgan fingerprint density at radius 2 is 0.941 bits per heavy atom. The first-order valence-electron chi connectivity index (χ1n) is 11.7. The fourth-order valence-electron chi connectivity index (χ4n) is 4.12. The second-order valence-corrected chi connectivity index (χ2v) is 8.56. The summed E-state index contributed by atoms with van der Waals surface area (Å²) in [4.78, 5) is 0. The SMILES string of the molecule is CC(NCCNC(C)c1ccc(-c2ccccc2)c(F)c1)c1ccc(-c2ccccc2)c(F)c1. The molecule has 0 saturated heterocycles. The Morgan fingerprint density at radius 3 is 1.29 bits per heavy atom. The third-order valence-electron chi connectivity index (χ3n) is 6.18. The smallest absolute Gasteiger partial charge is 0.131 e. The molecule has 2 nitrogen and oxygen atoms in total. The van der Waals surface area contributed by atoms with Gasteiger partial charge in [-0.1, -0.05) is 84.9 Å². The van der Waals surface area contributed by atoms with E-state index in [1.807, 2.05) is 98.8 Å². The standard InChI is InChI=1S/C30H30F2N2/c1-21(25-13-15-27(29(31)19-25)23-9-5-3-6-10-23)33-17-18-34-22(2)26-14-16-28(30(32)20-26)24-11-7-4-8-12-24/h3-16,19-22,33-34H,17-18H2,1-2H3. The van der Waals surface area contributed by atoms with E-state index < -0.39 is 0 Å². The molecule has 4 rings (SSSR count). The number of hydrogen-bond donors (Lipinski definition) is 2. The summed E-state index contributed by atoms with van der Waals surface area (Å²) >= 11 is 0. The molecule has 0 aliphatic rings. The van der Waals surface area contributed by atoms with Crippen molar-refractivity contribution in [2.24, 2.45) is 0 Å². The predicted molar refractivity (Wildman–Crippen MR) is 137 cm³/mol. The van der Waals surface area contributed by atoms with Crippen LogP contribution in [0.2, 0.25) is 0 Å². The summed E-state index contributed by atoms with van der Waals surface area (Å²) in [6.45, 7) is 5.46. The molecule has 34 heavy (non-hydrogen) atoms. The first-order valence-corrected chi connectivity index (χ1v) is 11.7. The lowest BCUT2D eigenvalue weighted by Gasteiger charge is -2.18. The molecular formula is C30H30F2N2. The minimum Gasteiger partial charge on any atom is -0.309 e. The van der Waals surface area contributed by atoms with E-state index in [4.69, 9.17) is 0 Å². The fraction of sp³-hybridized carbons (Fsp3) is 0.200. The molecule has 4 aromatic rings. The Labute approximate surface area is 200 Å². The molecule has 4 heteroatoms. The second kappa shape index (κ2) is 11.2. The zero-order valence-electron chi connectivity index (χ0n) is 19.6. The molecule has 0 aliphatic carbocycles. The average Bonchev–Trinajstić information content (AvgIpc) is 2.87. The fourth-order valence-corrected chi connectivity index (χ4v) is 4.12. The van der Waals surface area contributed by atoms with Crippen LogP contribution in [0, 0.1) is 11.6 Å². The lowest BCUT2D eigenvalue weighted by atomic mass is 10.0.